The lowest BCUT2D eigenvalue weighted by Crippen LogP contribution is -2.35. The monoisotopic (exact) mass is 405 g/mol. The first-order valence-corrected chi connectivity index (χ1v) is 10.5. The molecule has 138 valence electrons. The molecule has 0 N–H and O–H groups in total. The van der Waals surface area contributed by atoms with Crippen LogP contribution >= 0.6 is 23.1 Å². The fourth-order valence-corrected chi connectivity index (χ4v) is 4.83. The first-order chi connectivity index (χ1) is 13.7. The van der Waals surface area contributed by atoms with E-state index in [1.807, 2.05) is 66.0 Å². The van der Waals surface area contributed by atoms with Crippen molar-refractivity contribution >= 4 is 40.4 Å². The predicted octanol–water partition coefficient (Wildman–Crippen LogP) is 4.79. The van der Waals surface area contributed by atoms with Crippen LogP contribution in [0.15, 0.2) is 75.8 Å². The summed E-state index contributed by atoms with van der Waals surface area (Å²) in [6.07, 6.45) is 0. The number of rotatable bonds is 3. The largest absolute Gasteiger partial charge is 0.277 e. The van der Waals surface area contributed by atoms with Crippen LogP contribution in [0.5, 0.6) is 0 Å². The van der Waals surface area contributed by atoms with Crippen LogP contribution in [0, 0.1) is 0 Å². The highest BCUT2D eigenvalue weighted by Gasteiger charge is 2.32. The van der Waals surface area contributed by atoms with Gasteiger partial charge in [-0.15, -0.1) is 21.5 Å². The number of hydrogen-bond donors (Lipinski definition) is 0. The molecule has 0 bridgehead atoms. The van der Waals surface area contributed by atoms with Crippen molar-refractivity contribution in [1.82, 2.24) is 20.2 Å². The molecule has 0 fully saturated rings. The second-order valence-electron chi connectivity index (χ2n) is 6.30. The normalized spacial score (nSPS) is 13.7. The SMILES string of the molecule is C[C@@H](C(=O)N1c2ccccc2Sc2ccccc21)n1nnc(-c2cccs2)n1. The fourth-order valence-electron chi connectivity index (χ4n) is 3.12. The minimum atomic E-state index is -0.592. The number of amides is 1. The van der Waals surface area contributed by atoms with Gasteiger partial charge in [0.15, 0.2) is 0 Å². The maximum atomic E-state index is 13.5. The van der Waals surface area contributed by atoms with Crippen molar-refractivity contribution in [2.24, 2.45) is 0 Å². The van der Waals surface area contributed by atoms with Crippen LogP contribution in [-0.4, -0.2) is 26.1 Å². The molecule has 0 spiro atoms. The summed E-state index contributed by atoms with van der Waals surface area (Å²) in [5, 5.41) is 14.6. The van der Waals surface area contributed by atoms with E-state index in [0.717, 1.165) is 26.0 Å². The zero-order valence-electron chi connectivity index (χ0n) is 14.9. The maximum Gasteiger partial charge on any atom is 0.258 e. The van der Waals surface area contributed by atoms with Crippen LogP contribution in [0.25, 0.3) is 10.7 Å². The van der Waals surface area contributed by atoms with Crippen LogP contribution in [0.1, 0.15) is 13.0 Å². The Hall–Kier alpha value is -2.97. The van der Waals surface area contributed by atoms with E-state index in [4.69, 9.17) is 0 Å². The number of tetrazole rings is 1. The van der Waals surface area contributed by atoms with Crippen LogP contribution < -0.4 is 4.90 Å². The number of fused-ring (bicyclic) bond motifs is 2. The molecule has 5 rings (SSSR count). The lowest BCUT2D eigenvalue weighted by molar-refractivity contribution is -0.121. The van der Waals surface area contributed by atoms with E-state index in [1.54, 1.807) is 34.9 Å². The minimum Gasteiger partial charge on any atom is -0.277 e. The topological polar surface area (TPSA) is 63.9 Å². The number of carbonyl (C=O) groups is 1. The Balaban J connectivity index is 1.53. The van der Waals surface area contributed by atoms with Gasteiger partial charge < -0.3 is 0 Å². The number of nitrogens with zero attached hydrogens (tertiary/aromatic N) is 5. The Bertz CT molecular complexity index is 1110. The third-order valence-corrected chi connectivity index (χ3v) is 6.52. The van der Waals surface area contributed by atoms with Gasteiger partial charge in [0.1, 0.15) is 6.04 Å². The van der Waals surface area contributed by atoms with E-state index in [9.17, 15) is 4.79 Å². The Morgan fingerprint density at radius 1 is 0.964 bits per heavy atom. The Kier molecular flexibility index (Phi) is 4.22. The lowest BCUT2D eigenvalue weighted by Gasteiger charge is -2.32. The Labute approximate surface area is 169 Å². The molecule has 2 aromatic carbocycles. The summed E-state index contributed by atoms with van der Waals surface area (Å²) in [5.41, 5.74) is 1.75. The molecule has 0 saturated carbocycles. The van der Waals surface area contributed by atoms with Gasteiger partial charge in [-0.25, -0.2) is 0 Å². The zero-order chi connectivity index (χ0) is 19.1. The lowest BCUT2D eigenvalue weighted by atomic mass is 10.2. The van der Waals surface area contributed by atoms with Crippen LogP contribution in [0.4, 0.5) is 11.4 Å². The predicted molar refractivity (Wildman–Crippen MR) is 110 cm³/mol. The van der Waals surface area contributed by atoms with Gasteiger partial charge >= 0.3 is 0 Å². The van der Waals surface area contributed by atoms with E-state index in [0.29, 0.717) is 5.82 Å². The van der Waals surface area contributed by atoms with Crippen LogP contribution in [-0.2, 0) is 4.79 Å². The third-order valence-electron chi connectivity index (χ3n) is 4.53. The van der Waals surface area contributed by atoms with Gasteiger partial charge in [0.25, 0.3) is 5.91 Å². The number of hydrogen-bond acceptors (Lipinski definition) is 6. The molecule has 0 saturated heterocycles. The van der Waals surface area contributed by atoms with Gasteiger partial charge in [-0.3, -0.25) is 9.69 Å². The number of benzene rings is 2. The van der Waals surface area contributed by atoms with Gasteiger partial charge in [-0.05, 0) is 47.8 Å². The first-order valence-electron chi connectivity index (χ1n) is 8.75. The molecule has 2 aromatic heterocycles. The zero-order valence-corrected chi connectivity index (χ0v) is 16.5. The van der Waals surface area contributed by atoms with Crippen molar-refractivity contribution in [1.29, 1.82) is 0 Å². The number of anilines is 2. The standard InChI is InChI=1S/C20H15N5OS2/c1-13(25-22-19(21-23-25)18-11-6-12-27-18)20(26)24-14-7-2-4-9-16(14)28-17-10-5-3-8-15(17)24/h2-13H,1H3/t13-/m0/s1. The quantitative estimate of drug-likeness (QED) is 0.490. The summed E-state index contributed by atoms with van der Waals surface area (Å²) in [6.45, 7) is 1.80. The average molecular weight is 406 g/mol. The summed E-state index contributed by atoms with van der Waals surface area (Å²) in [4.78, 5) is 19.7. The molecule has 8 heteroatoms. The highest BCUT2D eigenvalue weighted by Crippen LogP contribution is 2.48. The van der Waals surface area contributed by atoms with E-state index >= 15 is 0 Å². The second kappa shape index (κ2) is 6.88. The molecule has 0 unspecified atom stereocenters. The van der Waals surface area contributed by atoms with Crippen molar-refractivity contribution in [3.05, 3.63) is 66.0 Å². The van der Waals surface area contributed by atoms with Gasteiger partial charge in [-0.1, -0.05) is 42.1 Å². The van der Waals surface area contributed by atoms with Gasteiger partial charge in [0.05, 0.1) is 16.3 Å². The van der Waals surface area contributed by atoms with Crippen molar-refractivity contribution in [3.8, 4) is 10.7 Å². The molecular formula is C20H15N5OS2. The molecule has 28 heavy (non-hydrogen) atoms. The number of aromatic nitrogens is 4. The molecule has 3 heterocycles. The summed E-state index contributed by atoms with van der Waals surface area (Å²) in [5.74, 6) is 0.431. The smallest absolute Gasteiger partial charge is 0.258 e. The summed E-state index contributed by atoms with van der Waals surface area (Å²) >= 11 is 3.21. The number of para-hydroxylation sites is 2. The summed E-state index contributed by atoms with van der Waals surface area (Å²) in [6, 6.07) is 19.1. The van der Waals surface area contributed by atoms with Gasteiger partial charge in [-0.2, -0.15) is 4.80 Å². The molecular weight excluding hydrogens is 390 g/mol. The van der Waals surface area contributed by atoms with E-state index < -0.39 is 6.04 Å². The third kappa shape index (κ3) is 2.81. The molecule has 1 aliphatic rings. The minimum absolute atomic E-state index is 0.102. The molecule has 0 aliphatic carbocycles. The second-order valence-corrected chi connectivity index (χ2v) is 8.33. The highest BCUT2D eigenvalue weighted by molar-refractivity contribution is 7.99. The average Bonchev–Trinajstić information content (AvgIpc) is 3.42. The van der Waals surface area contributed by atoms with Crippen molar-refractivity contribution in [3.63, 3.8) is 0 Å². The molecule has 6 nitrogen and oxygen atoms in total. The number of thiophene rings is 1. The van der Waals surface area contributed by atoms with Gasteiger partial charge in [0, 0.05) is 9.79 Å². The van der Waals surface area contributed by atoms with Gasteiger partial charge in [0.2, 0.25) is 5.82 Å². The Morgan fingerprint density at radius 2 is 1.64 bits per heavy atom. The highest BCUT2D eigenvalue weighted by atomic mass is 32.2. The molecule has 4 aromatic rings. The van der Waals surface area contributed by atoms with Crippen molar-refractivity contribution in [2.75, 3.05) is 4.90 Å². The van der Waals surface area contributed by atoms with Crippen molar-refractivity contribution in [2.45, 2.75) is 22.8 Å². The molecule has 1 aliphatic heterocycles. The van der Waals surface area contributed by atoms with E-state index in [1.165, 1.54) is 4.80 Å². The first kappa shape index (κ1) is 17.2. The van der Waals surface area contributed by atoms with E-state index in [-0.39, 0.29) is 5.91 Å². The van der Waals surface area contributed by atoms with Crippen LogP contribution in [0.3, 0.4) is 0 Å². The van der Waals surface area contributed by atoms with Crippen LogP contribution in [0.2, 0.25) is 0 Å². The molecule has 0 radical (unpaired) electrons. The summed E-state index contributed by atoms with van der Waals surface area (Å²) < 4.78 is 0. The maximum absolute atomic E-state index is 13.5. The fraction of sp³-hybridized carbons (Fsp3) is 0.100. The number of carbonyl (C=O) groups excluding carboxylic acids is 1. The molecule has 1 atom stereocenters. The molecule has 1 amide bonds. The van der Waals surface area contributed by atoms with E-state index in [2.05, 4.69) is 15.4 Å². The summed E-state index contributed by atoms with van der Waals surface area (Å²) in [7, 11) is 0. The van der Waals surface area contributed by atoms with Crippen molar-refractivity contribution < 1.29 is 4.79 Å². The Morgan fingerprint density at radius 3 is 2.29 bits per heavy atom.